The molecule has 0 aliphatic carbocycles. The number of hydrogen-bond donors (Lipinski definition) is 1. The van der Waals surface area contributed by atoms with Crippen molar-refractivity contribution in [1.82, 2.24) is 5.32 Å². The molecule has 0 bridgehead atoms. The highest BCUT2D eigenvalue weighted by atomic mass is 16.5. The van der Waals surface area contributed by atoms with E-state index in [0.29, 0.717) is 18.1 Å². The molecule has 100 valence electrons. The Balaban J connectivity index is 2.16. The Bertz CT molecular complexity index is 363. The fraction of sp³-hybridized carbons (Fsp3) is 0.600. The van der Waals surface area contributed by atoms with Crippen molar-refractivity contribution < 1.29 is 9.47 Å². The Kier molecular flexibility index (Phi) is 4.61. The van der Waals surface area contributed by atoms with Gasteiger partial charge < -0.3 is 14.8 Å². The van der Waals surface area contributed by atoms with Crippen LogP contribution >= 0.6 is 0 Å². The molecule has 2 rings (SSSR count). The van der Waals surface area contributed by atoms with E-state index in [0.717, 1.165) is 25.2 Å². The molecule has 0 radical (unpaired) electrons. The minimum absolute atomic E-state index is 0.364. The molecule has 1 N–H and O–H groups in total. The van der Waals surface area contributed by atoms with Crippen LogP contribution in [0.1, 0.15) is 31.4 Å². The van der Waals surface area contributed by atoms with E-state index < -0.39 is 0 Å². The van der Waals surface area contributed by atoms with E-state index in [1.165, 1.54) is 5.56 Å². The Labute approximate surface area is 109 Å². The van der Waals surface area contributed by atoms with Gasteiger partial charge in [-0.1, -0.05) is 19.1 Å². The highest BCUT2D eigenvalue weighted by molar-refractivity contribution is 5.29. The van der Waals surface area contributed by atoms with E-state index in [-0.39, 0.29) is 0 Å². The fourth-order valence-corrected chi connectivity index (χ4v) is 2.91. The van der Waals surface area contributed by atoms with Crippen molar-refractivity contribution in [3.63, 3.8) is 0 Å². The van der Waals surface area contributed by atoms with Crippen LogP contribution in [0.2, 0.25) is 0 Å². The van der Waals surface area contributed by atoms with Crippen molar-refractivity contribution in [2.45, 2.75) is 31.9 Å². The maximum atomic E-state index is 5.80. The van der Waals surface area contributed by atoms with Gasteiger partial charge in [-0.3, -0.25) is 0 Å². The molecule has 3 heteroatoms. The third kappa shape index (κ3) is 2.68. The lowest BCUT2D eigenvalue weighted by Gasteiger charge is -2.27. The predicted molar refractivity (Wildman–Crippen MR) is 72.9 cm³/mol. The van der Waals surface area contributed by atoms with Crippen LogP contribution in [0.3, 0.4) is 0 Å². The summed E-state index contributed by atoms with van der Waals surface area (Å²) < 4.78 is 11.0. The summed E-state index contributed by atoms with van der Waals surface area (Å²) in [5, 5.41) is 3.44. The minimum Gasteiger partial charge on any atom is -0.497 e. The van der Waals surface area contributed by atoms with Crippen LogP contribution in [0.4, 0.5) is 0 Å². The van der Waals surface area contributed by atoms with Gasteiger partial charge in [0, 0.05) is 18.6 Å². The first kappa shape index (κ1) is 13.4. The van der Waals surface area contributed by atoms with Crippen LogP contribution in [0, 0.1) is 5.92 Å². The van der Waals surface area contributed by atoms with Gasteiger partial charge in [0.15, 0.2) is 0 Å². The molecule has 3 unspecified atom stereocenters. The van der Waals surface area contributed by atoms with E-state index in [4.69, 9.17) is 9.47 Å². The Morgan fingerprint density at radius 1 is 1.39 bits per heavy atom. The van der Waals surface area contributed by atoms with E-state index in [2.05, 4.69) is 24.4 Å². The second kappa shape index (κ2) is 6.21. The molecule has 1 aromatic carbocycles. The molecule has 1 saturated heterocycles. The lowest BCUT2D eigenvalue weighted by molar-refractivity contribution is 0.0782. The summed E-state index contributed by atoms with van der Waals surface area (Å²) in [6.45, 7) is 3.08. The van der Waals surface area contributed by atoms with Crippen LogP contribution in [0.25, 0.3) is 0 Å². The average Bonchev–Trinajstić information content (AvgIpc) is 2.89. The maximum Gasteiger partial charge on any atom is 0.118 e. The van der Waals surface area contributed by atoms with E-state index in [1.54, 1.807) is 7.11 Å². The standard InChI is InChI=1S/C15H23NO2/c1-4-14-13(9-10-18-14)15(16-2)11-5-7-12(17-3)8-6-11/h5-8,13-16H,4,9-10H2,1-3H3. The SMILES string of the molecule is CCC1OCCC1C(NC)c1ccc(OC)cc1. The predicted octanol–water partition coefficient (Wildman–Crippen LogP) is 2.77. The molecule has 1 fully saturated rings. The summed E-state index contributed by atoms with van der Waals surface area (Å²) in [4.78, 5) is 0. The topological polar surface area (TPSA) is 30.5 Å². The van der Waals surface area contributed by atoms with Gasteiger partial charge in [-0.2, -0.15) is 0 Å². The van der Waals surface area contributed by atoms with Crippen molar-refractivity contribution in [3.05, 3.63) is 29.8 Å². The van der Waals surface area contributed by atoms with Crippen molar-refractivity contribution in [2.75, 3.05) is 20.8 Å². The average molecular weight is 249 g/mol. The smallest absolute Gasteiger partial charge is 0.118 e. The van der Waals surface area contributed by atoms with Crippen LogP contribution in [-0.2, 0) is 4.74 Å². The molecule has 0 aromatic heterocycles. The van der Waals surface area contributed by atoms with E-state index in [9.17, 15) is 0 Å². The number of hydrogen-bond acceptors (Lipinski definition) is 3. The third-order valence-corrected chi connectivity index (χ3v) is 3.88. The van der Waals surface area contributed by atoms with Crippen molar-refractivity contribution in [1.29, 1.82) is 0 Å². The van der Waals surface area contributed by atoms with Gasteiger partial charge in [0.25, 0.3) is 0 Å². The van der Waals surface area contributed by atoms with Gasteiger partial charge in [-0.05, 0) is 37.6 Å². The highest BCUT2D eigenvalue weighted by Gasteiger charge is 2.33. The third-order valence-electron chi connectivity index (χ3n) is 3.88. The number of nitrogens with one attached hydrogen (secondary N) is 1. The first-order chi connectivity index (χ1) is 8.80. The molecule has 1 aromatic rings. The minimum atomic E-state index is 0.364. The van der Waals surface area contributed by atoms with E-state index in [1.807, 2.05) is 19.2 Å². The maximum absolute atomic E-state index is 5.80. The van der Waals surface area contributed by atoms with Gasteiger partial charge in [-0.15, -0.1) is 0 Å². The van der Waals surface area contributed by atoms with Gasteiger partial charge >= 0.3 is 0 Å². The molecule has 1 heterocycles. The zero-order valence-electron chi connectivity index (χ0n) is 11.5. The quantitative estimate of drug-likeness (QED) is 0.870. The number of rotatable bonds is 5. The summed E-state index contributed by atoms with van der Waals surface area (Å²) in [5.74, 6) is 1.47. The second-order valence-corrected chi connectivity index (χ2v) is 4.81. The summed E-state index contributed by atoms with van der Waals surface area (Å²) in [5.41, 5.74) is 1.31. The number of methoxy groups -OCH3 is 1. The Hall–Kier alpha value is -1.06. The lowest BCUT2D eigenvalue weighted by atomic mass is 9.87. The van der Waals surface area contributed by atoms with Gasteiger partial charge in [0.05, 0.1) is 13.2 Å². The first-order valence-electron chi connectivity index (χ1n) is 6.73. The molecule has 18 heavy (non-hydrogen) atoms. The molecule has 3 nitrogen and oxygen atoms in total. The van der Waals surface area contributed by atoms with Crippen LogP contribution in [0.15, 0.2) is 24.3 Å². The van der Waals surface area contributed by atoms with Crippen molar-refractivity contribution in [2.24, 2.45) is 5.92 Å². The van der Waals surface area contributed by atoms with Crippen LogP contribution < -0.4 is 10.1 Å². The summed E-state index contributed by atoms with van der Waals surface area (Å²) in [6.07, 6.45) is 2.60. The molecule has 1 aliphatic rings. The fourth-order valence-electron chi connectivity index (χ4n) is 2.91. The molecule has 3 atom stereocenters. The van der Waals surface area contributed by atoms with Gasteiger partial charge in [0.1, 0.15) is 5.75 Å². The molecule has 0 spiro atoms. The monoisotopic (exact) mass is 249 g/mol. The van der Waals surface area contributed by atoms with Gasteiger partial charge in [0.2, 0.25) is 0 Å². The van der Waals surface area contributed by atoms with E-state index >= 15 is 0 Å². The van der Waals surface area contributed by atoms with Crippen LogP contribution in [-0.4, -0.2) is 26.9 Å². The van der Waals surface area contributed by atoms with Gasteiger partial charge in [-0.25, -0.2) is 0 Å². The molecule has 0 amide bonds. The zero-order chi connectivity index (χ0) is 13.0. The van der Waals surface area contributed by atoms with Crippen molar-refractivity contribution >= 4 is 0 Å². The molecule has 1 aliphatic heterocycles. The molecular formula is C15H23NO2. The lowest BCUT2D eigenvalue weighted by Crippen LogP contribution is -2.30. The molecule has 0 saturated carbocycles. The number of benzene rings is 1. The Morgan fingerprint density at radius 3 is 2.67 bits per heavy atom. The molecular weight excluding hydrogens is 226 g/mol. The largest absolute Gasteiger partial charge is 0.497 e. The first-order valence-corrected chi connectivity index (χ1v) is 6.73. The zero-order valence-corrected chi connectivity index (χ0v) is 11.5. The Morgan fingerprint density at radius 2 is 2.11 bits per heavy atom. The number of ether oxygens (including phenoxy) is 2. The highest BCUT2D eigenvalue weighted by Crippen LogP contribution is 2.35. The van der Waals surface area contributed by atoms with Crippen LogP contribution in [0.5, 0.6) is 5.75 Å². The summed E-state index contributed by atoms with van der Waals surface area (Å²) in [7, 11) is 3.72. The summed E-state index contributed by atoms with van der Waals surface area (Å²) >= 11 is 0. The van der Waals surface area contributed by atoms with Crippen molar-refractivity contribution in [3.8, 4) is 5.75 Å². The summed E-state index contributed by atoms with van der Waals surface area (Å²) in [6, 6.07) is 8.70. The normalized spacial score (nSPS) is 25.1. The second-order valence-electron chi connectivity index (χ2n) is 4.81.